The number of halogens is 3. The predicted molar refractivity (Wildman–Crippen MR) is 61.3 cm³/mol. The van der Waals surface area contributed by atoms with E-state index < -0.39 is 7.12 Å². The summed E-state index contributed by atoms with van der Waals surface area (Å²) in [6.45, 7) is 0. The molecule has 7 heteroatoms. The lowest BCUT2D eigenvalue weighted by atomic mass is 9.82. The van der Waals surface area contributed by atoms with Crippen LogP contribution >= 0.6 is 47.4 Å². The van der Waals surface area contributed by atoms with Gasteiger partial charge in [0.15, 0.2) is 0 Å². The lowest BCUT2D eigenvalue weighted by molar-refractivity contribution is 0.425. The Balaban J connectivity index is 0. The molecular formula is C5H7BCl2INO2. The van der Waals surface area contributed by atoms with Crippen molar-refractivity contribution in [1.29, 1.82) is 0 Å². The van der Waals surface area contributed by atoms with Crippen molar-refractivity contribution >= 4 is 60.0 Å². The summed E-state index contributed by atoms with van der Waals surface area (Å²) >= 11 is 2.02. The smallest absolute Gasteiger partial charge is 0.423 e. The zero-order valence-electron chi connectivity index (χ0n) is 5.85. The minimum absolute atomic E-state index is 0. The molecule has 0 spiro atoms. The maximum absolute atomic E-state index is 8.72. The van der Waals surface area contributed by atoms with Gasteiger partial charge in [0.25, 0.3) is 0 Å². The van der Waals surface area contributed by atoms with Crippen LogP contribution in [0.1, 0.15) is 0 Å². The molecule has 1 heterocycles. The van der Waals surface area contributed by atoms with Crippen LogP contribution in [0.25, 0.3) is 0 Å². The lowest BCUT2D eigenvalue weighted by Crippen LogP contribution is -2.32. The molecule has 0 fully saturated rings. The minimum Gasteiger partial charge on any atom is -0.423 e. The van der Waals surface area contributed by atoms with E-state index in [9.17, 15) is 0 Å². The Kier molecular flexibility index (Phi) is 8.60. The first-order valence-corrected chi connectivity index (χ1v) is 3.75. The Labute approximate surface area is 96.7 Å². The van der Waals surface area contributed by atoms with Crippen molar-refractivity contribution in [3.63, 3.8) is 0 Å². The van der Waals surface area contributed by atoms with Crippen LogP contribution in [0.2, 0.25) is 0 Å². The molecule has 0 unspecified atom stereocenters. The summed E-state index contributed by atoms with van der Waals surface area (Å²) in [6, 6.07) is 1.72. The molecule has 0 aliphatic rings. The minimum atomic E-state index is -1.42. The molecule has 0 aliphatic carbocycles. The second-order valence-corrected chi connectivity index (χ2v) is 2.93. The maximum atomic E-state index is 8.72. The van der Waals surface area contributed by atoms with E-state index in [1.54, 1.807) is 12.3 Å². The topological polar surface area (TPSA) is 53.4 Å². The van der Waals surface area contributed by atoms with E-state index in [0.717, 1.165) is 3.57 Å². The van der Waals surface area contributed by atoms with Crippen LogP contribution in [0.4, 0.5) is 0 Å². The highest BCUT2D eigenvalue weighted by Crippen LogP contribution is 1.97. The maximum Gasteiger partial charge on any atom is 0.491 e. The second kappa shape index (κ2) is 6.91. The third-order valence-corrected chi connectivity index (χ3v) is 2.06. The molecule has 0 aliphatic heterocycles. The predicted octanol–water partition coefficient (Wildman–Crippen LogP) is 0.210. The third-order valence-electron chi connectivity index (χ3n) is 1.07. The average Bonchev–Trinajstić information content (AvgIpc) is 1.88. The summed E-state index contributed by atoms with van der Waals surface area (Å²) in [6.07, 6.45) is 3.04. The van der Waals surface area contributed by atoms with E-state index >= 15 is 0 Å². The molecule has 1 rings (SSSR count). The van der Waals surface area contributed by atoms with Crippen LogP contribution in [0, 0.1) is 3.57 Å². The molecule has 0 atom stereocenters. The SMILES string of the molecule is Cl.Cl.OB(O)c1cnccc1I. The molecule has 0 aromatic carbocycles. The Morgan fingerprint density at radius 3 is 2.25 bits per heavy atom. The highest BCUT2D eigenvalue weighted by atomic mass is 127. The monoisotopic (exact) mass is 321 g/mol. The zero-order valence-corrected chi connectivity index (χ0v) is 9.64. The summed E-state index contributed by atoms with van der Waals surface area (Å²) in [5.74, 6) is 0. The quantitative estimate of drug-likeness (QED) is 0.574. The Morgan fingerprint density at radius 1 is 1.33 bits per heavy atom. The van der Waals surface area contributed by atoms with Gasteiger partial charge in [-0.05, 0) is 28.7 Å². The zero-order chi connectivity index (χ0) is 7.56. The molecule has 0 amide bonds. The van der Waals surface area contributed by atoms with Gasteiger partial charge in [0.1, 0.15) is 0 Å². The van der Waals surface area contributed by atoms with Gasteiger partial charge in [-0.2, -0.15) is 0 Å². The molecule has 0 saturated carbocycles. The number of pyridine rings is 1. The van der Waals surface area contributed by atoms with Crippen molar-refractivity contribution in [2.45, 2.75) is 0 Å². The highest BCUT2D eigenvalue weighted by Gasteiger charge is 2.13. The van der Waals surface area contributed by atoms with E-state index in [1.807, 2.05) is 22.6 Å². The molecule has 2 N–H and O–H groups in total. The van der Waals surface area contributed by atoms with E-state index in [1.165, 1.54) is 6.20 Å². The Bertz CT molecular complexity index is 238. The Hall–Kier alpha value is 0.445. The van der Waals surface area contributed by atoms with Gasteiger partial charge >= 0.3 is 7.12 Å². The summed E-state index contributed by atoms with van der Waals surface area (Å²) in [7, 11) is -1.42. The van der Waals surface area contributed by atoms with Crippen molar-refractivity contribution in [3.05, 3.63) is 22.0 Å². The van der Waals surface area contributed by atoms with E-state index in [-0.39, 0.29) is 24.8 Å². The van der Waals surface area contributed by atoms with E-state index in [4.69, 9.17) is 10.0 Å². The summed E-state index contributed by atoms with van der Waals surface area (Å²) in [5, 5.41) is 17.4. The number of aromatic nitrogens is 1. The number of nitrogens with zero attached hydrogens (tertiary/aromatic N) is 1. The summed E-state index contributed by atoms with van der Waals surface area (Å²) in [5.41, 5.74) is 0.447. The van der Waals surface area contributed by atoms with Crippen LogP contribution < -0.4 is 5.46 Å². The van der Waals surface area contributed by atoms with Gasteiger partial charge in [-0.15, -0.1) is 24.8 Å². The molecule has 0 radical (unpaired) electrons. The fourth-order valence-corrected chi connectivity index (χ4v) is 1.16. The standard InChI is InChI=1S/C5H5BINO2.2ClH/c7-5-1-2-8-3-4(5)6(9)10;;/h1-3,9-10H;2*1H. The first-order valence-electron chi connectivity index (χ1n) is 2.67. The summed E-state index contributed by atoms with van der Waals surface area (Å²) in [4.78, 5) is 3.74. The highest BCUT2D eigenvalue weighted by molar-refractivity contribution is 14.1. The van der Waals surface area contributed by atoms with Gasteiger partial charge in [0.05, 0.1) is 0 Å². The fraction of sp³-hybridized carbons (Fsp3) is 0. The molecule has 12 heavy (non-hydrogen) atoms. The molecule has 1 aromatic heterocycles. The van der Waals surface area contributed by atoms with Crippen molar-refractivity contribution in [1.82, 2.24) is 4.98 Å². The molecular weight excluding hydrogens is 315 g/mol. The van der Waals surface area contributed by atoms with Gasteiger partial charge in [-0.1, -0.05) is 0 Å². The molecule has 0 saturated heterocycles. The van der Waals surface area contributed by atoms with Gasteiger partial charge < -0.3 is 10.0 Å². The van der Waals surface area contributed by atoms with Crippen molar-refractivity contribution < 1.29 is 10.0 Å². The van der Waals surface area contributed by atoms with Crippen molar-refractivity contribution in [2.75, 3.05) is 0 Å². The fourth-order valence-electron chi connectivity index (χ4n) is 0.580. The van der Waals surface area contributed by atoms with Crippen LogP contribution in [-0.4, -0.2) is 22.2 Å². The summed E-state index contributed by atoms with van der Waals surface area (Å²) < 4.78 is 0.808. The number of hydrogen-bond donors (Lipinski definition) is 2. The van der Waals surface area contributed by atoms with E-state index in [0.29, 0.717) is 5.46 Å². The van der Waals surface area contributed by atoms with Crippen LogP contribution in [0.15, 0.2) is 18.5 Å². The first-order chi connectivity index (χ1) is 4.72. The van der Waals surface area contributed by atoms with E-state index in [2.05, 4.69) is 4.98 Å². The normalized spacial score (nSPS) is 7.92. The van der Waals surface area contributed by atoms with Crippen LogP contribution in [-0.2, 0) is 0 Å². The number of rotatable bonds is 1. The average molecular weight is 322 g/mol. The van der Waals surface area contributed by atoms with Crippen molar-refractivity contribution in [3.8, 4) is 0 Å². The van der Waals surface area contributed by atoms with Gasteiger partial charge in [0.2, 0.25) is 0 Å². The van der Waals surface area contributed by atoms with Crippen LogP contribution in [0.3, 0.4) is 0 Å². The number of hydrogen-bond acceptors (Lipinski definition) is 3. The molecule has 68 valence electrons. The Morgan fingerprint density at radius 2 is 1.92 bits per heavy atom. The second-order valence-electron chi connectivity index (χ2n) is 1.77. The van der Waals surface area contributed by atoms with Gasteiger partial charge in [0, 0.05) is 21.4 Å². The van der Waals surface area contributed by atoms with Crippen molar-refractivity contribution in [2.24, 2.45) is 0 Å². The van der Waals surface area contributed by atoms with Gasteiger partial charge in [-0.3, -0.25) is 4.98 Å². The van der Waals surface area contributed by atoms with Crippen LogP contribution in [0.5, 0.6) is 0 Å². The molecule has 1 aromatic rings. The molecule has 3 nitrogen and oxygen atoms in total. The molecule has 0 bridgehead atoms. The lowest BCUT2D eigenvalue weighted by Gasteiger charge is -1.99. The van der Waals surface area contributed by atoms with Gasteiger partial charge in [-0.25, -0.2) is 0 Å². The first kappa shape index (κ1) is 14.9. The third kappa shape index (κ3) is 3.91. The largest absolute Gasteiger partial charge is 0.491 e.